The number of nitrogens with zero attached hydrogens (tertiary/aromatic N) is 4. The van der Waals surface area contributed by atoms with E-state index in [-0.39, 0.29) is 6.42 Å². The second kappa shape index (κ2) is 5.41. The van der Waals surface area contributed by atoms with Gasteiger partial charge >= 0.3 is 7.82 Å². The van der Waals surface area contributed by atoms with Gasteiger partial charge in [0.2, 0.25) is 0 Å². The molecule has 0 bridgehead atoms. The number of hydrogen-bond acceptors (Lipinski definition) is 7. The normalized spacial score (nSPS) is 26.5. The Hall–Kier alpha value is -1.42. The van der Waals surface area contributed by atoms with Gasteiger partial charge in [-0.05, 0) is 0 Å². The lowest BCUT2D eigenvalue weighted by Crippen LogP contribution is -2.25. The molecular formula is C10H13N4O6P. The van der Waals surface area contributed by atoms with Gasteiger partial charge in [-0.3, -0.25) is 9.09 Å². The van der Waals surface area contributed by atoms with E-state index in [4.69, 9.17) is 14.5 Å². The number of phosphoric ester groups is 1. The highest BCUT2D eigenvalue weighted by Gasteiger charge is 2.37. The van der Waals surface area contributed by atoms with E-state index in [2.05, 4.69) is 19.5 Å². The summed E-state index contributed by atoms with van der Waals surface area (Å²) in [6, 6.07) is 0. The molecule has 0 aromatic carbocycles. The molecule has 3 unspecified atom stereocenters. The van der Waals surface area contributed by atoms with Crippen LogP contribution < -0.4 is 0 Å². The molecule has 1 saturated heterocycles. The lowest BCUT2D eigenvalue weighted by Gasteiger charge is -2.16. The predicted octanol–water partition coefficient (Wildman–Crippen LogP) is -0.416. The van der Waals surface area contributed by atoms with Crippen molar-refractivity contribution in [1.82, 2.24) is 19.5 Å². The Labute approximate surface area is 118 Å². The van der Waals surface area contributed by atoms with Crippen molar-refractivity contribution in [1.29, 1.82) is 0 Å². The molecule has 10 nitrogen and oxygen atoms in total. The van der Waals surface area contributed by atoms with Crippen LogP contribution in [0.4, 0.5) is 0 Å². The molecule has 2 aromatic heterocycles. The van der Waals surface area contributed by atoms with E-state index in [0.717, 1.165) is 0 Å². The van der Waals surface area contributed by atoms with Crippen molar-refractivity contribution in [2.75, 3.05) is 6.61 Å². The van der Waals surface area contributed by atoms with E-state index in [1.54, 1.807) is 10.8 Å². The van der Waals surface area contributed by atoms with Crippen LogP contribution in [0, 0.1) is 0 Å². The van der Waals surface area contributed by atoms with Gasteiger partial charge in [0.25, 0.3) is 0 Å². The molecular weight excluding hydrogens is 303 g/mol. The smallest absolute Gasteiger partial charge is 0.390 e. The lowest BCUT2D eigenvalue weighted by molar-refractivity contribution is -0.0424. The molecule has 21 heavy (non-hydrogen) atoms. The van der Waals surface area contributed by atoms with Crippen LogP contribution in [0.2, 0.25) is 0 Å². The maximum absolute atomic E-state index is 10.7. The number of aliphatic hydroxyl groups excluding tert-OH is 1. The van der Waals surface area contributed by atoms with Crippen molar-refractivity contribution >= 4 is 19.0 Å². The SMILES string of the molecule is O=P(O)(O)OCC1OC(n2cnc3cncnc32)CC1O. The second-order valence-electron chi connectivity index (χ2n) is 4.60. The third kappa shape index (κ3) is 3.10. The van der Waals surface area contributed by atoms with Crippen molar-refractivity contribution in [2.45, 2.75) is 24.9 Å². The van der Waals surface area contributed by atoms with Gasteiger partial charge in [0.1, 0.15) is 24.2 Å². The Morgan fingerprint density at radius 2 is 2.29 bits per heavy atom. The number of aliphatic hydroxyl groups is 1. The third-order valence-electron chi connectivity index (χ3n) is 3.16. The zero-order chi connectivity index (χ0) is 15.0. The number of imidazole rings is 1. The topological polar surface area (TPSA) is 140 Å². The molecule has 3 rings (SSSR count). The summed E-state index contributed by atoms with van der Waals surface area (Å²) in [4.78, 5) is 29.4. The predicted molar refractivity (Wildman–Crippen MR) is 67.9 cm³/mol. The summed E-state index contributed by atoms with van der Waals surface area (Å²) in [5.41, 5.74) is 1.14. The first-order chi connectivity index (χ1) is 9.94. The molecule has 0 spiro atoms. The van der Waals surface area contributed by atoms with Crippen LogP contribution in [-0.2, 0) is 13.8 Å². The van der Waals surface area contributed by atoms with Gasteiger partial charge in [-0.2, -0.15) is 0 Å². The second-order valence-corrected chi connectivity index (χ2v) is 5.84. The Kier molecular flexibility index (Phi) is 3.74. The molecule has 1 aliphatic rings. The first kappa shape index (κ1) is 14.5. The van der Waals surface area contributed by atoms with E-state index in [0.29, 0.717) is 11.2 Å². The lowest BCUT2D eigenvalue weighted by atomic mass is 10.2. The summed E-state index contributed by atoms with van der Waals surface area (Å²) in [7, 11) is -4.59. The molecule has 0 amide bonds. The number of fused-ring (bicyclic) bond motifs is 1. The highest BCUT2D eigenvalue weighted by molar-refractivity contribution is 7.46. The number of hydrogen-bond donors (Lipinski definition) is 3. The molecule has 3 atom stereocenters. The maximum Gasteiger partial charge on any atom is 0.469 e. The van der Waals surface area contributed by atoms with Gasteiger partial charge in [-0.25, -0.2) is 19.5 Å². The molecule has 1 fully saturated rings. The van der Waals surface area contributed by atoms with Crippen molar-refractivity contribution < 1.29 is 28.7 Å². The number of aromatic nitrogens is 4. The van der Waals surface area contributed by atoms with Gasteiger partial charge in [0, 0.05) is 6.42 Å². The minimum absolute atomic E-state index is 0.241. The van der Waals surface area contributed by atoms with E-state index < -0.39 is 32.9 Å². The highest BCUT2D eigenvalue weighted by Crippen LogP contribution is 2.38. The number of phosphoric acid groups is 1. The molecule has 2 aromatic rings. The van der Waals surface area contributed by atoms with Crippen LogP contribution in [0.1, 0.15) is 12.6 Å². The van der Waals surface area contributed by atoms with Crippen LogP contribution >= 0.6 is 7.82 Å². The third-order valence-corrected chi connectivity index (χ3v) is 3.65. The Morgan fingerprint density at radius 1 is 1.48 bits per heavy atom. The number of ether oxygens (including phenoxy) is 1. The molecule has 3 heterocycles. The van der Waals surface area contributed by atoms with Crippen molar-refractivity contribution in [3.8, 4) is 0 Å². The Balaban J connectivity index is 1.75. The summed E-state index contributed by atoms with van der Waals surface area (Å²) < 4.78 is 22.3. The average molecular weight is 316 g/mol. The van der Waals surface area contributed by atoms with Crippen molar-refractivity contribution in [2.24, 2.45) is 0 Å². The maximum atomic E-state index is 10.7. The van der Waals surface area contributed by atoms with Crippen LogP contribution in [0.25, 0.3) is 11.2 Å². The largest absolute Gasteiger partial charge is 0.469 e. The van der Waals surface area contributed by atoms with Crippen LogP contribution in [0.3, 0.4) is 0 Å². The quantitative estimate of drug-likeness (QED) is 0.642. The molecule has 3 N–H and O–H groups in total. The molecule has 0 aliphatic carbocycles. The fourth-order valence-electron chi connectivity index (χ4n) is 2.20. The van der Waals surface area contributed by atoms with Crippen molar-refractivity contribution in [3.05, 3.63) is 18.9 Å². The first-order valence-electron chi connectivity index (χ1n) is 6.10. The van der Waals surface area contributed by atoms with Gasteiger partial charge in [0.15, 0.2) is 5.65 Å². The van der Waals surface area contributed by atoms with Crippen LogP contribution in [0.5, 0.6) is 0 Å². The van der Waals surface area contributed by atoms with E-state index >= 15 is 0 Å². The zero-order valence-corrected chi connectivity index (χ0v) is 11.6. The molecule has 0 saturated carbocycles. The summed E-state index contributed by atoms with van der Waals surface area (Å²) in [6.07, 6.45) is 2.42. The van der Waals surface area contributed by atoms with E-state index in [1.165, 1.54) is 12.7 Å². The summed E-state index contributed by atoms with van der Waals surface area (Å²) >= 11 is 0. The fourth-order valence-corrected chi connectivity index (χ4v) is 2.54. The van der Waals surface area contributed by atoms with Crippen LogP contribution in [0.15, 0.2) is 18.9 Å². The highest BCUT2D eigenvalue weighted by atomic mass is 31.2. The summed E-state index contributed by atoms with van der Waals surface area (Å²) in [5.74, 6) is 0. The summed E-state index contributed by atoms with van der Waals surface area (Å²) in [5, 5.41) is 9.90. The van der Waals surface area contributed by atoms with E-state index in [1.807, 2.05) is 0 Å². The average Bonchev–Trinajstić information content (AvgIpc) is 2.99. The molecule has 114 valence electrons. The minimum atomic E-state index is -4.59. The molecule has 11 heteroatoms. The van der Waals surface area contributed by atoms with Crippen LogP contribution in [-0.4, -0.2) is 53.2 Å². The molecule has 1 aliphatic heterocycles. The van der Waals surface area contributed by atoms with Gasteiger partial charge in [0.05, 0.1) is 25.2 Å². The molecule has 0 radical (unpaired) electrons. The Morgan fingerprint density at radius 3 is 3.05 bits per heavy atom. The first-order valence-corrected chi connectivity index (χ1v) is 7.63. The van der Waals surface area contributed by atoms with Gasteiger partial charge in [-0.15, -0.1) is 0 Å². The van der Waals surface area contributed by atoms with Crippen molar-refractivity contribution in [3.63, 3.8) is 0 Å². The monoisotopic (exact) mass is 316 g/mol. The van der Waals surface area contributed by atoms with Gasteiger partial charge < -0.3 is 19.6 Å². The fraction of sp³-hybridized carbons (Fsp3) is 0.500. The number of rotatable bonds is 4. The Bertz CT molecular complexity index is 687. The van der Waals surface area contributed by atoms with E-state index in [9.17, 15) is 9.67 Å². The summed E-state index contributed by atoms with van der Waals surface area (Å²) in [6.45, 7) is -0.399. The zero-order valence-electron chi connectivity index (χ0n) is 10.7. The minimum Gasteiger partial charge on any atom is -0.390 e. The van der Waals surface area contributed by atoms with Gasteiger partial charge in [-0.1, -0.05) is 0 Å². The standard InChI is InChI=1S/C10H13N4O6P/c15-7-1-9(20-8(7)3-19-21(16,17)18)14-5-13-6-2-11-4-12-10(6)14/h2,4-5,7-9,15H,1,3H2,(H2,16,17,18).